The Balaban J connectivity index is 2.84. The van der Waals surface area contributed by atoms with Gasteiger partial charge in [-0.1, -0.05) is 0 Å². The average Bonchev–Trinajstić information content (AvgIpc) is 2.42. The fourth-order valence-electron chi connectivity index (χ4n) is 1.66. The fraction of sp³-hybridized carbons (Fsp3) is 0.182. The number of fused-ring (bicyclic) bond motifs is 1. The summed E-state index contributed by atoms with van der Waals surface area (Å²) in [6, 6.07) is 3.20. The van der Waals surface area contributed by atoms with Crippen LogP contribution in [0, 0.1) is 13.8 Å². The highest BCUT2D eigenvalue weighted by Crippen LogP contribution is 2.34. The van der Waals surface area contributed by atoms with Crippen molar-refractivity contribution in [2.75, 3.05) is 5.73 Å². The van der Waals surface area contributed by atoms with Crippen LogP contribution in [0.5, 0.6) is 0 Å². The van der Waals surface area contributed by atoms with Crippen LogP contribution < -0.4 is 5.73 Å². The van der Waals surface area contributed by atoms with Crippen LogP contribution in [-0.2, 0) is 0 Å². The predicted molar refractivity (Wildman–Crippen MR) is 62.7 cm³/mol. The molecule has 4 heteroatoms. The standard InChI is InChI=1S/C11H11NO2S/c1-5-6(2)15-9-4-7(11(13)14)3-8(12)10(5)9/h3-4H,12H2,1-2H3,(H,13,14). The molecule has 3 N–H and O–H groups in total. The van der Waals surface area contributed by atoms with Crippen molar-refractivity contribution >= 4 is 33.1 Å². The van der Waals surface area contributed by atoms with Crippen LogP contribution in [0.3, 0.4) is 0 Å². The van der Waals surface area contributed by atoms with Crippen molar-refractivity contribution in [2.24, 2.45) is 0 Å². The normalized spacial score (nSPS) is 10.8. The van der Waals surface area contributed by atoms with E-state index in [9.17, 15) is 4.79 Å². The summed E-state index contributed by atoms with van der Waals surface area (Å²) in [7, 11) is 0. The first kappa shape index (κ1) is 9.98. The van der Waals surface area contributed by atoms with Gasteiger partial charge >= 0.3 is 5.97 Å². The van der Waals surface area contributed by atoms with Crippen molar-refractivity contribution in [1.82, 2.24) is 0 Å². The maximum absolute atomic E-state index is 10.8. The molecule has 15 heavy (non-hydrogen) atoms. The van der Waals surface area contributed by atoms with E-state index in [0.29, 0.717) is 5.69 Å². The van der Waals surface area contributed by atoms with Crippen LogP contribution in [0.15, 0.2) is 12.1 Å². The number of aryl methyl sites for hydroxylation is 2. The molecule has 0 radical (unpaired) electrons. The van der Waals surface area contributed by atoms with Crippen molar-refractivity contribution in [2.45, 2.75) is 13.8 Å². The van der Waals surface area contributed by atoms with Crippen LogP contribution in [0.1, 0.15) is 20.8 Å². The van der Waals surface area contributed by atoms with E-state index in [1.165, 1.54) is 10.9 Å². The van der Waals surface area contributed by atoms with Crippen molar-refractivity contribution in [3.8, 4) is 0 Å². The van der Waals surface area contributed by atoms with Gasteiger partial charge in [-0.3, -0.25) is 0 Å². The maximum Gasteiger partial charge on any atom is 0.335 e. The third-order valence-electron chi connectivity index (χ3n) is 2.55. The molecular formula is C11H11NO2S. The van der Waals surface area contributed by atoms with Crippen LogP contribution in [0.25, 0.3) is 10.1 Å². The topological polar surface area (TPSA) is 63.3 Å². The smallest absolute Gasteiger partial charge is 0.335 e. The second-order valence-electron chi connectivity index (χ2n) is 3.53. The van der Waals surface area contributed by atoms with Gasteiger partial charge < -0.3 is 10.8 Å². The third kappa shape index (κ3) is 1.47. The van der Waals surface area contributed by atoms with Gasteiger partial charge in [0.25, 0.3) is 0 Å². The zero-order chi connectivity index (χ0) is 11.2. The zero-order valence-corrected chi connectivity index (χ0v) is 9.31. The number of carboxylic acid groups (broad SMARTS) is 1. The third-order valence-corrected chi connectivity index (χ3v) is 3.70. The number of aromatic carboxylic acids is 1. The molecule has 3 nitrogen and oxygen atoms in total. The second-order valence-corrected chi connectivity index (χ2v) is 4.78. The number of anilines is 1. The number of hydrogen-bond donors (Lipinski definition) is 2. The Kier molecular flexibility index (Phi) is 2.16. The summed E-state index contributed by atoms with van der Waals surface area (Å²) in [5.74, 6) is -0.938. The lowest BCUT2D eigenvalue weighted by atomic mass is 10.1. The Labute approximate surface area is 91.1 Å². The highest BCUT2D eigenvalue weighted by Gasteiger charge is 2.12. The van der Waals surface area contributed by atoms with Gasteiger partial charge in [-0.2, -0.15) is 0 Å². The Bertz CT molecular complexity index is 557. The summed E-state index contributed by atoms with van der Waals surface area (Å²) in [4.78, 5) is 12.0. The van der Waals surface area contributed by atoms with E-state index in [1.807, 2.05) is 13.8 Å². The van der Waals surface area contributed by atoms with Crippen LogP contribution in [0.2, 0.25) is 0 Å². The van der Waals surface area contributed by atoms with Gasteiger partial charge in [-0.15, -0.1) is 11.3 Å². The molecule has 2 aromatic rings. The lowest BCUT2D eigenvalue weighted by Crippen LogP contribution is -1.98. The number of thiophene rings is 1. The van der Waals surface area contributed by atoms with Gasteiger partial charge in [0.2, 0.25) is 0 Å². The fourth-order valence-corrected chi connectivity index (χ4v) is 2.80. The SMILES string of the molecule is Cc1sc2cc(C(=O)O)cc(N)c2c1C. The molecule has 0 aliphatic rings. The van der Waals surface area contributed by atoms with Gasteiger partial charge in [0.05, 0.1) is 5.56 Å². The van der Waals surface area contributed by atoms with Crippen molar-refractivity contribution < 1.29 is 9.90 Å². The summed E-state index contributed by atoms with van der Waals surface area (Å²) < 4.78 is 0.947. The molecule has 1 heterocycles. The number of rotatable bonds is 1. The number of nitrogen functional groups attached to an aromatic ring is 1. The Morgan fingerprint density at radius 2 is 2.07 bits per heavy atom. The van der Waals surface area contributed by atoms with Gasteiger partial charge in [-0.05, 0) is 31.5 Å². The van der Waals surface area contributed by atoms with E-state index in [4.69, 9.17) is 10.8 Å². The predicted octanol–water partition coefficient (Wildman–Crippen LogP) is 2.80. The van der Waals surface area contributed by atoms with Crippen LogP contribution >= 0.6 is 11.3 Å². The molecule has 0 aliphatic heterocycles. The number of carboxylic acids is 1. The average molecular weight is 221 g/mol. The molecular weight excluding hydrogens is 210 g/mol. The van der Waals surface area contributed by atoms with E-state index < -0.39 is 5.97 Å². The summed E-state index contributed by atoms with van der Waals surface area (Å²) in [5, 5.41) is 9.88. The summed E-state index contributed by atoms with van der Waals surface area (Å²) in [6.45, 7) is 4.02. The van der Waals surface area contributed by atoms with Gasteiger partial charge in [0.1, 0.15) is 0 Å². The van der Waals surface area contributed by atoms with Crippen molar-refractivity contribution in [3.63, 3.8) is 0 Å². The minimum atomic E-state index is -0.938. The minimum absolute atomic E-state index is 0.251. The molecule has 0 aliphatic carbocycles. The number of carbonyl (C=O) groups is 1. The second kappa shape index (κ2) is 3.24. The molecule has 0 atom stereocenters. The van der Waals surface area contributed by atoms with E-state index in [-0.39, 0.29) is 5.56 Å². The highest BCUT2D eigenvalue weighted by atomic mass is 32.1. The summed E-state index contributed by atoms with van der Waals surface area (Å²) >= 11 is 1.58. The molecule has 0 amide bonds. The van der Waals surface area contributed by atoms with Gasteiger partial charge in [-0.25, -0.2) is 4.79 Å². The maximum atomic E-state index is 10.8. The first-order chi connectivity index (χ1) is 7.00. The van der Waals surface area contributed by atoms with Crippen LogP contribution in [0.4, 0.5) is 5.69 Å². The molecule has 1 aromatic carbocycles. The molecule has 0 fully saturated rings. The van der Waals surface area contributed by atoms with Crippen molar-refractivity contribution in [3.05, 3.63) is 28.1 Å². The quantitative estimate of drug-likeness (QED) is 0.728. The lowest BCUT2D eigenvalue weighted by molar-refractivity contribution is 0.0697. The lowest BCUT2D eigenvalue weighted by Gasteiger charge is -2.00. The Morgan fingerprint density at radius 1 is 1.40 bits per heavy atom. The highest BCUT2D eigenvalue weighted by molar-refractivity contribution is 7.19. The molecule has 2 rings (SSSR count). The molecule has 1 aromatic heterocycles. The molecule has 0 saturated heterocycles. The van der Waals surface area contributed by atoms with Crippen LogP contribution in [-0.4, -0.2) is 11.1 Å². The minimum Gasteiger partial charge on any atom is -0.478 e. The Morgan fingerprint density at radius 3 is 2.67 bits per heavy atom. The largest absolute Gasteiger partial charge is 0.478 e. The molecule has 0 saturated carbocycles. The molecule has 0 unspecified atom stereocenters. The molecule has 78 valence electrons. The molecule has 0 bridgehead atoms. The molecule has 0 spiro atoms. The van der Waals surface area contributed by atoms with E-state index >= 15 is 0 Å². The van der Waals surface area contributed by atoms with Gasteiger partial charge in [0, 0.05) is 20.7 Å². The summed E-state index contributed by atoms with van der Waals surface area (Å²) in [5.41, 5.74) is 7.79. The first-order valence-corrected chi connectivity index (χ1v) is 5.35. The number of hydrogen-bond acceptors (Lipinski definition) is 3. The van der Waals surface area contributed by atoms with E-state index in [2.05, 4.69) is 0 Å². The summed E-state index contributed by atoms with van der Waals surface area (Å²) in [6.07, 6.45) is 0. The number of benzene rings is 1. The van der Waals surface area contributed by atoms with Gasteiger partial charge in [0.15, 0.2) is 0 Å². The first-order valence-electron chi connectivity index (χ1n) is 4.53. The van der Waals surface area contributed by atoms with E-state index in [1.54, 1.807) is 17.4 Å². The number of nitrogens with two attached hydrogens (primary N) is 1. The monoisotopic (exact) mass is 221 g/mol. The zero-order valence-electron chi connectivity index (χ0n) is 8.50. The van der Waals surface area contributed by atoms with Crippen molar-refractivity contribution in [1.29, 1.82) is 0 Å². The Hall–Kier alpha value is -1.55. The van der Waals surface area contributed by atoms with E-state index in [0.717, 1.165) is 15.6 Å².